The molecule has 2 aromatic rings. The molecule has 1 aliphatic heterocycles. The number of hydrogen-bond acceptors (Lipinski definition) is 6. The van der Waals surface area contributed by atoms with Gasteiger partial charge in [-0.1, -0.05) is 25.1 Å². The van der Waals surface area contributed by atoms with Crippen LogP contribution in [0.5, 0.6) is 6.01 Å². The van der Waals surface area contributed by atoms with E-state index in [0.717, 1.165) is 25.9 Å². The number of benzene rings is 1. The largest absolute Gasteiger partial charge is 0.463 e. The van der Waals surface area contributed by atoms with Gasteiger partial charge in [0.1, 0.15) is 12.4 Å². The van der Waals surface area contributed by atoms with Crippen molar-refractivity contribution >= 4 is 42.8 Å². The minimum absolute atomic E-state index is 0. The number of aromatic nitrogens is 2. The molecule has 1 aromatic heterocycles. The highest BCUT2D eigenvalue weighted by atomic mass is 35.5. The van der Waals surface area contributed by atoms with Crippen LogP contribution in [-0.2, 0) is 16.1 Å². The predicted molar refractivity (Wildman–Crippen MR) is 133 cm³/mol. The molecule has 0 aliphatic carbocycles. The molecular formula is C22H29Cl2FN6O4. The van der Waals surface area contributed by atoms with Crippen molar-refractivity contribution in [2.45, 2.75) is 32.8 Å². The molecule has 13 heteroatoms. The number of aliphatic imine (C=N–C) groups is 1. The van der Waals surface area contributed by atoms with Gasteiger partial charge in [0.05, 0.1) is 6.61 Å². The van der Waals surface area contributed by atoms with Gasteiger partial charge < -0.3 is 25.8 Å². The van der Waals surface area contributed by atoms with E-state index in [4.69, 9.17) is 20.9 Å². The highest BCUT2D eigenvalue weighted by Crippen LogP contribution is 2.25. The average Bonchev–Trinajstić information content (AvgIpc) is 2.82. The molecule has 2 heterocycles. The lowest BCUT2D eigenvalue weighted by Crippen LogP contribution is -2.39. The molecule has 0 unspecified atom stereocenters. The standard InChI is InChI=1S/C22H27FN6O4.2ClH/c1-2-18(30)29-8-6-14(7-9-29)12-32-21-26-10-16(11-27-21)17-5-3-4-15(19(17)23)13-33-22(31)28-20(24)25;;/h3-5,10-11,14H,2,6-9,12-13H2,1H3,(H4,24,25,28,31);2*1H. The average molecular weight is 531 g/mol. The number of guanidine groups is 1. The minimum Gasteiger partial charge on any atom is -0.463 e. The zero-order chi connectivity index (χ0) is 23.8. The van der Waals surface area contributed by atoms with Gasteiger partial charge in [0.25, 0.3) is 0 Å². The fraction of sp³-hybridized carbons (Fsp3) is 0.409. The maximum Gasteiger partial charge on any atom is 0.437 e. The highest BCUT2D eigenvalue weighted by molar-refractivity contribution is 5.87. The summed E-state index contributed by atoms with van der Waals surface area (Å²) in [6, 6.07) is 4.89. The summed E-state index contributed by atoms with van der Waals surface area (Å²) >= 11 is 0. The van der Waals surface area contributed by atoms with Crippen LogP contribution in [0.15, 0.2) is 35.6 Å². The first kappa shape index (κ1) is 29.9. The molecule has 1 fully saturated rings. The normalized spacial score (nSPS) is 13.1. The summed E-state index contributed by atoms with van der Waals surface area (Å²) in [6.45, 7) is 3.46. The zero-order valence-corrected chi connectivity index (χ0v) is 20.8. The maximum atomic E-state index is 14.9. The second-order valence-electron chi connectivity index (χ2n) is 7.61. The topological polar surface area (TPSA) is 146 Å². The number of ether oxygens (including phenoxy) is 2. The molecule has 192 valence electrons. The molecule has 0 saturated carbocycles. The van der Waals surface area contributed by atoms with E-state index < -0.39 is 17.9 Å². The molecule has 3 rings (SSSR count). The van der Waals surface area contributed by atoms with Gasteiger partial charge in [0, 0.05) is 48.6 Å². The first-order valence-corrected chi connectivity index (χ1v) is 10.6. The molecule has 35 heavy (non-hydrogen) atoms. The van der Waals surface area contributed by atoms with Crippen LogP contribution in [-0.4, -0.2) is 52.5 Å². The number of hydrogen-bond donors (Lipinski definition) is 2. The van der Waals surface area contributed by atoms with Crippen LogP contribution in [0, 0.1) is 11.7 Å². The van der Waals surface area contributed by atoms with E-state index >= 15 is 0 Å². The Morgan fingerprint density at radius 3 is 2.43 bits per heavy atom. The Kier molecular flexibility index (Phi) is 12.2. The van der Waals surface area contributed by atoms with Gasteiger partial charge in [0.15, 0.2) is 5.96 Å². The third-order valence-corrected chi connectivity index (χ3v) is 5.31. The van der Waals surface area contributed by atoms with Crippen LogP contribution >= 0.6 is 24.8 Å². The van der Waals surface area contributed by atoms with E-state index in [2.05, 4.69) is 15.0 Å². The molecule has 1 aliphatic rings. The highest BCUT2D eigenvalue weighted by Gasteiger charge is 2.22. The van der Waals surface area contributed by atoms with E-state index in [1.165, 1.54) is 18.5 Å². The fourth-order valence-corrected chi connectivity index (χ4v) is 3.49. The van der Waals surface area contributed by atoms with E-state index in [9.17, 15) is 14.0 Å². The lowest BCUT2D eigenvalue weighted by Gasteiger charge is -2.31. The van der Waals surface area contributed by atoms with Crippen LogP contribution in [0.1, 0.15) is 31.7 Å². The molecule has 0 radical (unpaired) electrons. The number of carbonyl (C=O) groups excluding carboxylic acids is 2. The van der Waals surface area contributed by atoms with Gasteiger partial charge in [-0.25, -0.2) is 19.2 Å². The van der Waals surface area contributed by atoms with Crippen LogP contribution in [0.3, 0.4) is 0 Å². The van der Waals surface area contributed by atoms with Crippen molar-refractivity contribution in [3.05, 3.63) is 42.0 Å². The Hall–Kier alpha value is -3.18. The molecule has 10 nitrogen and oxygen atoms in total. The Morgan fingerprint density at radius 1 is 1.17 bits per heavy atom. The Bertz CT molecular complexity index is 1010. The number of likely N-dealkylation sites (tertiary alicyclic amines) is 1. The number of nitrogens with two attached hydrogens (primary N) is 2. The second-order valence-corrected chi connectivity index (χ2v) is 7.61. The molecule has 0 atom stereocenters. The van der Waals surface area contributed by atoms with Crippen molar-refractivity contribution in [1.29, 1.82) is 0 Å². The molecule has 0 bridgehead atoms. The summed E-state index contributed by atoms with van der Waals surface area (Å²) in [5.41, 5.74) is 11.1. The van der Waals surface area contributed by atoms with E-state index in [1.54, 1.807) is 12.1 Å². The second kappa shape index (κ2) is 14.3. The van der Waals surface area contributed by atoms with Crippen LogP contribution in [0.4, 0.5) is 9.18 Å². The van der Waals surface area contributed by atoms with Crippen molar-refractivity contribution in [3.63, 3.8) is 0 Å². The van der Waals surface area contributed by atoms with Crippen LogP contribution < -0.4 is 16.2 Å². The smallest absolute Gasteiger partial charge is 0.437 e. The molecule has 1 saturated heterocycles. The van der Waals surface area contributed by atoms with Crippen molar-refractivity contribution in [2.75, 3.05) is 19.7 Å². The number of halogens is 3. The predicted octanol–water partition coefficient (Wildman–Crippen LogP) is 3.06. The summed E-state index contributed by atoms with van der Waals surface area (Å²) < 4.78 is 25.4. The lowest BCUT2D eigenvalue weighted by molar-refractivity contribution is -0.132. The van der Waals surface area contributed by atoms with Crippen LogP contribution in [0.25, 0.3) is 11.1 Å². The Labute approximate surface area is 215 Å². The Balaban J connectivity index is 0.00000306. The van der Waals surface area contributed by atoms with Crippen molar-refractivity contribution in [2.24, 2.45) is 22.4 Å². The molecular weight excluding hydrogens is 502 g/mol. The molecule has 1 aromatic carbocycles. The lowest BCUT2D eigenvalue weighted by atomic mass is 9.97. The van der Waals surface area contributed by atoms with Gasteiger partial charge in [-0.05, 0) is 18.8 Å². The number of carbonyl (C=O) groups is 2. The third-order valence-electron chi connectivity index (χ3n) is 5.31. The quantitative estimate of drug-likeness (QED) is 0.410. The molecule has 0 spiro atoms. The molecule has 4 N–H and O–H groups in total. The Morgan fingerprint density at radius 2 is 1.83 bits per heavy atom. The van der Waals surface area contributed by atoms with Gasteiger partial charge in [-0.2, -0.15) is 0 Å². The minimum atomic E-state index is -1.01. The van der Waals surface area contributed by atoms with Crippen LogP contribution in [0.2, 0.25) is 0 Å². The summed E-state index contributed by atoms with van der Waals surface area (Å²) in [4.78, 5) is 36.6. The fourth-order valence-electron chi connectivity index (χ4n) is 3.49. The number of piperidine rings is 1. The van der Waals surface area contributed by atoms with Crippen molar-refractivity contribution < 1.29 is 23.5 Å². The van der Waals surface area contributed by atoms with E-state index in [-0.39, 0.29) is 54.5 Å². The van der Waals surface area contributed by atoms with Gasteiger partial charge >= 0.3 is 12.1 Å². The van der Waals surface area contributed by atoms with Gasteiger partial charge in [0.2, 0.25) is 5.91 Å². The third kappa shape index (κ3) is 8.52. The monoisotopic (exact) mass is 530 g/mol. The maximum absolute atomic E-state index is 14.9. The molecule has 2 amide bonds. The van der Waals surface area contributed by atoms with E-state index in [1.807, 2.05) is 11.8 Å². The summed E-state index contributed by atoms with van der Waals surface area (Å²) in [7, 11) is 0. The summed E-state index contributed by atoms with van der Waals surface area (Å²) in [5, 5.41) is 0. The van der Waals surface area contributed by atoms with Gasteiger partial charge in [-0.15, -0.1) is 29.8 Å². The van der Waals surface area contributed by atoms with Gasteiger partial charge in [-0.3, -0.25) is 4.79 Å². The zero-order valence-electron chi connectivity index (χ0n) is 19.2. The first-order valence-electron chi connectivity index (χ1n) is 10.6. The first-order chi connectivity index (χ1) is 15.9. The number of amides is 2. The SMILES string of the molecule is CCC(=O)N1CCC(COc2ncc(-c3cccc(COC(=O)N=C(N)N)c3F)cn2)CC1.Cl.Cl. The summed E-state index contributed by atoms with van der Waals surface area (Å²) in [6.07, 6.45) is 4.20. The summed E-state index contributed by atoms with van der Waals surface area (Å²) in [5.74, 6) is -0.507. The number of nitrogens with zero attached hydrogens (tertiary/aromatic N) is 4. The number of rotatable bonds is 7. The van der Waals surface area contributed by atoms with E-state index in [0.29, 0.717) is 24.5 Å². The van der Waals surface area contributed by atoms with Crippen molar-refractivity contribution in [1.82, 2.24) is 14.9 Å². The van der Waals surface area contributed by atoms with Crippen molar-refractivity contribution in [3.8, 4) is 17.1 Å².